The molecule has 1 atom stereocenters. The fourth-order valence-corrected chi connectivity index (χ4v) is 3.72. The van der Waals surface area contributed by atoms with E-state index >= 15 is 0 Å². The smallest absolute Gasteiger partial charge is 0.317 e. The highest BCUT2D eigenvalue weighted by atomic mass is 16.5. The summed E-state index contributed by atoms with van der Waals surface area (Å²) >= 11 is 0. The third-order valence-corrected chi connectivity index (χ3v) is 4.91. The van der Waals surface area contributed by atoms with E-state index in [2.05, 4.69) is 20.4 Å². The second-order valence-electron chi connectivity index (χ2n) is 7.64. The van der Waals surface area contributed by atoms with Crippen LogP contribution in [0.25, 0.3) is 0 Å². The molecule has 3 rings (SSSR count). The third kappa shape index (κ3) is 4.39. The van der Waals surface area contributed by atoms with Gasteiger partial charge in [0.05, 0.1) is 18.9 Å². The molecule has 7 nitrogen and oxygen atoms in total. The molecule has 0 aliphatic carbocycles. The number of hydrogen-bond donors (Lipinski definition) is 1. The number of carbonyl (C=O) groups is 1. The van der Waals surface area contributed by atoms with Crippen LogP contribution in [0.1, 0.15) is 32.4 Å². The van der Waals surface area contributed by atoms with E-state index < -0.39 is 0 Å². The average molecular weight is 347 g/mol. The van der Waals surface area contributed by atoms with E-state index in [0.29, 0.717) is 13.2 Å². The topological polar surface area (TPSA) is 70.6 Å². The molecule has 3 heterocycles. The highest BCUT2D eigenvalue weighted by Crippen LogP contribution is 2.34. The fourth-order valence-electron chi connectivity index (χ4n) is 3.72. The number of ether oxygens (including phenoxy) is 1. The highest BCUT2D eigenvalue weighted by Gasteiger charge is 2.40. The zero-order valence-electron chi connectivity index (χ0n) is 15.5. The van der Waals surface area contributed by atoms with Crippen LogP contribution in [-0.4, -0.2) is 66.6 Å². The minimum atomic E-state index is -0.0460. The maximum absolute atomic E-state index is 12.4. The van der Waals surface area contributed by atoms with E-state index in [0.717, 1.165) is 50.5 Å². The van der Waals surface area contributed by atoms with Crippen molar-refractivity contribution >= 4 is 11.8 Å². The summed E-state index contributed by atoms with van der Waals surface area (Å²) in [5.74, 6) is 0.888. The van der Waals surface area contributed by atoms with Crippen LogP contribution < -0.4 is 10.2 Å². The lowest BCUT2D eigenvalue weighted by Crippen LogP contribution is -2.55. The van der Waals surface area contributed by atoms with Gasteiger partial charge >= 0.3 is 6.03 Å². The Bertz CT molecular complexity index is 592. The molecule has 2 amide bonds. The number of nitrogens with one attached hydrogen (secondary N) is 1. The number of nitrogens with zero attached hydrogens (tertiary/aromatic N) is 4. The van der Waals surface area contributed by atoms with E-state index in [1.165, 1.54) is 0 Å². The Morgan fingerprint density at radius 2 is 2.12 bits per heavy atom. The monoisotopic (exact) mass is 347 g/mol. The summed E-state index contributed by atoms with van der Waals surface area (Å²) in [5, 5.41) is 11.5. The lowest BCUT2D eigenvalue weighted by Gasteiger charge is -2.43. The molecule has 0 saturated carbocycles. The van der Waals surface area contributed by atoms with Gasteiger partial charge in [-0.05, 0) is 45.7 Å². The predicted octanol–water partition coefficient (Wildman–Crippen LogP) is 1.82. The predicted molar refractivity (Wildman–Crippen MR) is 96.7 cm³/mol. The van der Waals surface area contributed by atoms with E-state index in [1.54, 1.807) is 0 Å². The highest BCUT2D eigenvalue weighted by molar-refractivity contribution is 5.74. The zero-order valence-corrected chi connectivity index (χ0v) is 15.5. The Labute approximate surface area is 149 Å². The molecule has 7 heteroatoms. The number of carbonyl (C=O) groups excluding carboxylic acids is 1. The lowest BCUT2D eigenvalue weighted by molar-refractivity contribution is 0.0242. The van der Waals surface area contributed by atoms with Crippen LogP contribution in [0, 0.1) is 12.3 Å². The molecule has 2 aliphatic rings. The number of aryl methyl sites for hydroxylation is 1. The molecular formula is C18H29N5O2. The van der Waals surface area contributed by atoms with Gasteiger partial charge in [-0.1, -0.05) is 0 Å². The van der Waals surface area contributed by atoms with Crippen LogP contribution in [0.2, 0.25) is 0 Å². The first-order valence-corrected chi connectivity index (χ1v) is 9.16. The molecule has 0 bridgehead atoms. The minimum absolute atomic E-state index is 0.0278. The van der Waals surface area contributed by atoms with Gasteiger partial charge in [-0.25, -0.2) is 4.79 Å². The summed E-state index contributed by atoms with van der Waals surface area (Å²) in [4.78, 5) is 16.6. The molecule has 2 aliphatic heterocycles. The Kier molecular flexibility index (Phi) is 5.42. The Balaban J connectivity index is 1.74. The molecule has 0 aromatic carbocycles. The summed E-state index contributed by atoms with van der Waals surface area (Å²) in [6, 6.07) is 4.19. The number of rotatable bonds is 2. The molecule has 1 aromatic heterocycles. The summed E-state index contributed by atoms with van der Waals surface area (Å²) in [5.41, 5.74) is 0.869. The molecule has 1 N–H and O–H groups in total. The van der Waals surface area contributed by atoms with Crippen molar-refractivity contribution in [2.45, 2.75) is 39.7 Å². The number of urea groups is 1. The van der Waals surface area contributed by atoms with Crippen LogP contribution in [-0.2, 0) is 4.74 Å². The Hall–Kier alpha value is -1.89. The van der Waals surface area contributed by atoms with Crippen LogP contribution in [0.5, 0.6) is 0 Å². The van der Waals surface area contributed by atoms with Gasteiger partial charge in [0.1, 0.15) is 0 Å². The Morgan fingerprint density at radius 1 is 1.28 bits per heavy atom. The van der Waals surface area contributed by atoms with Gasteiger partial charge in [0.15, 0.2) is 5.82 Å². The van der Waals surface area contributed by atoms with E-state index in [9.17, 15) is 4.79 Å². The number of hydrogen-bond acceptors (Lipinski definition) is 5. The van der Waals surface area contributed by atoms with Crippen LogP contribution in [0.3, 0.4) is 0 Å². The first-order valence-electron chi connectivity index (χ1n) is 9.16. The summed E-state index contributed by atoms with van der Waals surface area (Å²) in [7, 11) is 0. The third-order valence-electron chi connectivity index (χ3n) is 4.91. The van der Waals surface area contributed by atoms with Gasteiger partial charge in [-0.3, -0.25) is 0 Å². The standard InChI is InChI=1S/C18H29N5O2/c1-14(2)19-17(24)23-8-4-7-18(12-23)11-22(9-10-25-13-18)16-6-5-15(3)20-21-16/h5-6,14H,4,7-13H2,1-3H3,(H,19,24). The van der Waals surface area contributed by atoms with Crippen molar-refractivity contribution in [1.82, 2.24) is 20.4 Å². The number of amides is 2. The van der Waals surface area contributed by atoms with Crippen molar-refractivity contribution in [1.29, 1.82) is 0 Å². The maximum atomic E-state index is 12.4. The van der Waals surface area contributed by atoms with Crippen molar-refractivity contribution < 1.29 is 9.53 Å². The van der Waals surface area contributed by atoms with E-state index in [1.807, 2.05) is 37.8 Å². The largest absolute Gasteiger partial charge is 0.379 e. The van der Waals surface area contributed by atoms with Gasteiger partial charge in [0.2, 0.25) is 0 Å². The van der Waals surface area contributed by atoms with Crippen LogP contribution in [0.4, 0.5) is 10.6 Å². The fraction of sp³-hybridized carbons (Fsp3) is 0.722. The number of anilines is 1. The maximum Gasteiger partial charge on any atom is 0.317 e. The molecule has 25 heavy (non-hydrogen) atoms. The van der Waals surface area contributed by atoms with Crippen LogP contribution in [0.15, 0.2) is 12.1 Å². The van der Waals surface area contributed by atoms with Gasteiger partial charge in [0.25, 0.3) is 0 Å². The zero-order chi connectivity index (χ0) is 17.9. The quantitative estimate of drug-likeness (QED) is 0.884. The average Bonchev–Trinajstić information content (AvgIpc) is 2.78. The summed E-state index contributed by atoms with van der Waals surface area (Å²) in [6.45, 7) is 10.5. The normalized spacial score (nSPS) is 24.5. The first kappa shape index (κ1) is 17.9. The molecule has 1 aromatic rings. The van der Waals surface area contributed by atoms with Crippen molar-refractivity contribution in [3.8, 4) is 0 Å². The molecule has 2 saturated heterocycles. The van der Waals surface area contributed by atoms with E-state index in [-0.39, 0.29) is 17.5 Å². The van der Waals surface area contributed by atoms with E-state index in [4.69, 9.17) is 4.74 Å². The van der Waals surface area contributed by atoms with Crippen molar-refractivity contribution in [3.63, 3.8) is 0 Å². The number of piperidine rings is 1. The SMILES string of the molecule is Cc1ccc(N2CCOCC3(CCCN(C(=O)NC(C)C)C3)C2)nn1. The molecule has 0 radical (unpaired) electrons. The molecule has 1 spiro atoms. The van der Waals surface area contributed by atoms with Crippen molar-refractivity contribution in [2.75, 3.05) is 44.3 Å². The van der Waals surface area contributed by atoms with Crippen LogP contribution >= 0.6 is 0 Å². The van der Waals surface area contributed by atoms with Gasteiger partial charge in [-0.2, -0.15) is 5.10 Å². The molecule has 2 fully saturated rings. The first-order chi connectivity index (χ1) is 12.0. The Morgan fingerprint density at radius 3 is 2.84 bits per heavy atom. The second kappa shape index (κ2) is 7.56. The summed E-state index contributed by atoms with van der Waals surface area (Å²) in [6.07, 6.45) is 2.07. The van der Waals surface area contributed by atoms with Gasteiger partial charge in [-0.15, -0.1) is 5.10 Å². The minimum Gasteiger partial charge on any atom is -0.379 e. The number of aromatic nitrogens is 2. The lowest BCUT2D eigenvalue weighted by atomic mass is 9.80. The summed E-state index contributed by atoms with van der Waals surface area (Å²) < 4.78 is 5.92. The molecule has 138 valence electrons. The second-order valence-corrected chi connectivity index (χ2v) is 7.64. The molecular weight excluding hydrogens is 318 g/mol. The van der Waals surface area contributed by atoms with Gasteiger partial charge in [0, 0.05) is 37.6 Å². The number of likely N-dealkylation sites (tertiary alicyclic amines) is 1. The molecule has 1 unspecified atom stereocenters. The van der Waals surface area contributed by atoms with Gasteiger partial charge < -0.3 is 19.9 Å². The van der Waals surface area contributed by atoms with Crippen molar-refractivity contribution in [2.24, 2.45) is 5.41 Å². The van der Waals surface area contributed by atoms with Crippen molar-refractivity contribution in [3.05, 3.63) is 17.8 Å².